The Hall–Kier alpha value is -13.5. The van der Waals surface area contributed by atoms with Crippen molar-refractivity contribution in [2.45, 2.75) is 20.8 Å². The van der Waals surface area contributed by atoms with Crippen LogP contribution in [0.2, 0.25) is 0 Å². The Morgan fingerprint density at radius 1 is 0.290 bits per heavy atom. The van der Waals surface area contributed by atoms with Crippen molar-refractivity contribution in [3.63, 3.8) is 0 Å². The third kappa shape index (κ3) is 22.6. The number of nitrogens with zero attached hydrogens (tertiary/aromatic N) is 15. The highest BCUT2D eigenvalue weighted by atomic mass is 16.5. The molecule has 5 heterocycles. The average Bonchev–Trinajstić information content (AvgIpc) is 1.45. The van der Waals surface area contributed by atoms with Crippen molar-refractivity contribution in [3.05, 3.63) is 178 Å². The fourth-order valence-corrected chi connectivity index (χ4v) is 7.04. The predicted molar refractivity (Wildman–Crippen MR) is 349 cm³/mol. The summed E-state index contributed by atoms with van der Waals surface area (Å²) in [5.41, 5.74) is 33.1. The topological polar surface area (TPSA) is 523 Å². The van der Waals surface area contributed by atoms with Gasteiger partial charge in [-0.15, -0.1) is 0 Å². The maximum absolute atomic E-state index is 12.0. The number of nitrogen functional groups attached to an aromatic ring is 5. The molecule has 93 heavy (non-hydrogen) atoms. The molecule has 18 N–H and O–H groups in total. The first kappa shape index (κ1) is 68.6. The molecule has 0 atom stereocenters. The standard InChI is InChI=1S/2C12H14N6O.C12H13N5O2.C11H12N6O.C11H11N5O2/c1-7-3-5-8(6-4-7)9(19)15-12-17-10(13)16-11(14-2)18-12;1-7-4-3-5-8(6-7)9(19)15-12-17-10(13)16-11(14-2)18-12;1-7-4-3-5-8(6-7)9(18)14-11-15-10(13)16-12(17-11)19-2;1-13-10-15-9(12)16-11(17-10)14-8(18)7-5-3-2-4-6-7;1-18-11-15-9(12)14-10(16-11)13-8(17)7-5-3-2-4-6-7/h2*3-6H,1-2H3,(H4,13,14,15,16,17,18,19);3-6H,1-2H3,(H3,13,14,15,16,17,18);2-6H,1H3,(H4,12,13,14,15,16,17,18);2-6H,1H3,(H3,12,13,14,15,16,17). The molecule has 478 valence electrons. The van der Waals surface area contributed by atoms with Gasteiger partial charge in [-0.05, 0) is 81.4 Å². The van der Waals surface area contributed by atoms with Gasteiger partial charge in [-0.1, -0.05) is 89.5 Å². The number of hydrogen-bond donors (Lipinski definition) is 13. The zero-order chi connectivity index (χ0) is 67.4. The Bertz CT molecular complexity index is 3960. The first-order valence-electron chi connectivity index (χ1n) is 27.2. The number of aromatic nitrogens is 15. The molecule has 0 fully saturated rings. The molecule has 0 saturated carbocycles. The van der Waals surface area contributed by atoms with Gasteiger partial charge in [0.1, 0.15) is 0 Å². The fourth-order valence-electron chi connectivity index (χ4n) is 7.04. The predicted octanol–water partition coefficient (Wildman–Crippen LogP) is 4.60. The number of nitrogens with one attached hydrogen (secondary N) is 8. The lowest BCUT2D eigenvalue weighted by Crippen LogP contribution is -2.16. The summed E-state index contributed by atoms with van der Waals surface area (Å²) in [6.07, 6.45) is 0. The molecule has 5 amide bonds. The number of carbonyl (C=O) groups is 5. The van der Waals surface area contributed by atoms with Crippen molar-refractivity contribution in [2.24, 2.45) is 0 Å². The molecule has 0 aliphatic rings. The van der Waals surface area contributed by atoms with Crippen LogP contribution in [0.5, 0.6) is 12.0 Å². The lowest BCUT2D eigenvalue weighted by molar-refractivity contribution is 0.101. The van der Waals surface area contributed by atoms with Crippen LogP contribution < -0.4 is 80.7 Å². The smallest absolute Gasteiger partial charge is 0.322 e. The zero-order valence-corrected chi connectivity index (χ0v) is 51.2. The molecule has 0 saturated heterocycles. The van der Waals surface area contributed by atoms with Crippen LogP contribution in [0, 0.1) is 20.8 Å². The molecule has 0 aliphatic heterocycles. The van der Waals surface area contributed by atoms with Gasteiger partial charge in [-0.2, -0.15) is 74.8 Å². The van der Waals surface area contributed by atoms with E-state index >= 15 is 0 Å². The lowest BCUT2D eigenvalue weighted by atomic mass is 10.1. The monoisotopic (exact) mass is 1260 g/mol. The van der Waals surface area contributed by atoms with E-state index in [0.29, 0.717) is 45.7 Å². The summed E-state index contributed by atoms with van der Waals surface area (Å²) in [5, 5.41) is 21.0. The number of ether oxygens (including phenoxy) is 2. The van der Waals surface area contributed by atoms with E-state index in [9.17, 15) is 24.0 Å². The highest BCUT2D eigenvalue weighted by Crippen LogP contribution is 2.15. The van der Waals surface area contributed by atoms with Gasteiger partial charge in [-0.3, -0.25) is 50.6 Å². The normalized spacial score (nSPS) is 9.94. The van der Waals surface area contributed by atoms with Gasteiger partial charge < -0.3 is 54.1 Å². The molecule has 5 aromatic heterocycles. The average molecular weight is 1270 g/mol. The minimum Gasteiger partial charge on any atom is -0.467 e. The van der Waals surface area contributed by atoms with Gasteiger partial charge >= 0.3 is 12.0 Å². The van der Waals surface area contributed by atoms with Crippen LogP contribution in [0.25, 0.3) is 0 Å². The number of anilines is 13. The number of nitrogens with two attached hydrogens (primary N) is 5. The number of rotatable bonds is 15. The van der Waals surface area contributed by atoms with E-state index in [1.807, 2.05) is 63.2 Å². The van der Waals surface area contributed by atoms with Gasteiger partial charge in [0.15, 0.2) is 0 Å². The van der Waals surface area contributed by atoms with Gasteiger partial charge in [0.2, 0.25) is 77.3 Å². The fraction of sp³-hybridized carbons (Fsp3) is 0.138. The van der Waals surface area contributed by atoms with Crippen LogP contribution in [0.4, 0.5) is 77.3 Å². The number of carbonyl (C=O) groups excluding carboxylic acids is 5. The number of amides is 5. The summed E-state index contributed by atoms with van der Waals surface area (Å²) >= 11 is 0. The quantitative estimate of drug-likeness (QED) is 0.0667. The molecule has 0 aliphatic carbocycles. The van der Waals surface area contributed by atoms with Gasteiger partial charge in [0.25, 0.3) is 29.5 Å². The van der Waals surface area contributed by atoms with Crippen molar-refractivity contribution in [1.82, 2.24) is 74.8 Å². The summed E-state index contributed by atoms with van der Waals surface area (Å²) in [4.78, 5) is 117. The molecular formula is C58H64N28O7. The van der Waals surface area contributed by atoms with E-state index in [4.69, 9.17) is 38.1 Å². The second-order valence-electron chi connectivity index (χ2n) is 18.4. The Labute approximate surface area is 530 Å². The van der Waals surface area contributed by atoms with Crippen molar-refractivity contribution >= 4 is 107 Å². The van der Waals surface area contributed by atoms with Gasteiger partial charge in [-0.25, -0.2) is 0 Å². The second-order valence-corrected chi connectivity index (χ2v) is 18.4. The van der Waals surface area contributed by atoms with Crippen LogP contribution in [0.15, 0.2) is 133 Å². The van der Waals surface area contributed by atoms with Gasteiger partial charge in [0, 0.05) is 49.0 Å². The lowest BCUT2D eigenvalue weighted by Gasteiger charge is -2.06. The summed E-state index contributed by atoms with van der Waals surface area (Å²) < 4.78 is 9.68. The molecule has 0 bridgehead atoms. The van der Waals surface area contributed by atoms with E-state index < -0.39 is 0 Å². The van der Waals surface area contributed by atoms with E-state index in [1.165, 1.54) is 14.2 Å². The highest BCUT2D eigenvalue weighted by molar-refractivity contribution is 6.06. The van der Waals surface area contributed by atoms with Crippen molar-refractivity contribution < 1.29 is 33.4 Å². The molecule has 0 unspecified atom stereocenters. The molecule has 10 aromatic rings. The van der Waals surface area contributed by atoms with E-state index in [0.717, 1.165) is 16.7 Å². The molecule has 35 heteroatoms. The summed E-state index contributed by atoms with van der Waals surface area (Å²) in [5.74, 6) is -0.140. The summed E-state index contributed by atoms with van der Waals surface area (Å²) in [6, 6.07) is 39.1. The van der Waals surface area contributed by atoms with E-state index in [1.54, 1.807) is 112 Å². The molecule has 0 spiro atoms. The van der Waals surface area contributed by atoms with Crippen LogP contribution in [0.1, 0.15) is 68.5 Å². The molecule has 10 rings (SSSR count). The molecule has 35 nitrogen and oxygen atoms in total. The van der Waals surface area contributed by atoms with Crippen LogP contribution in [-0.2, 0) is 0 Å². The SMILES string of the molecule is CNc1nc(N)nc(NC(=O)c2ccc(C)cc2)n1.CNc1nc(N)nc(NC(=O)c2cccc(C)c2)n1.CNc1nc(N)nc(NC(=O)c2ccccc2)n1.COc1nc(N)nc(NC(=O)c2cccc(C)c2)n1.COc1nc(N)nc(NC(=O)c2ccccc2)n1. The summed E-state index contributed by atoms with van der Waals surface area (Å²) in [6.45, 7) is 5.77. The van der Waals surface area contributed by atoms with Crippen molar-refractivity contribution in [2.75, 3.05) is 107 Å². The Kier molecular flexibility index (Phi) is 25.2. The minimum absolute atomic E-state index is 0.0219. The number of aryl methyl sites for hydroxylation is 3. The first-order valence-corrected chi connectivity index (χ1v) is 27.2. The minimum atomic E-state index is -0.330. The molecule has 5 aromatic carbocycles. The number of hydrogen-bond acceptors (Lipinski definition) is 30. The van der Waals surface area contributed by atoms with E-state index in [2.05, 4.69) is 117 Å². The number of methoxy groups -OCH3 is 2. The Morgan fingerprint density at radius 3 is 0.839 bits per heavy atom. The Morgan fingerprint density at radius 2 is 0.548 bits per heavy atom. The maximum atomic E-state index is 12.0. The third-order valence-electron chi connectivity index (χ3n) is 11.3. The molecule has 0 radical (unpaired) electrons. The molecular weight excluding hydrogens is 1200 g/mol. The van der Waals surface area contributed by atoms with Crippen LogP contribution in [-0.4, -0.2) is 140 Å². The van der Waals surface area contributed by atoms with Crippen molar-refractivity contribution in [1.29, 1.82) is 0 Å². The highest BCUT2D eigenvalue weighted by Gasteiger charge is 2.15. The second kappa shape index (κ2) is 34.2. The first-order chi connectivity index (χ1) is 44.6. The largest absolute Gasteiger partial charge is 0.467 e. The third-order valence-corrected chi connectivity index (χ3v) is 11.3. The number of benzene rings is 5. The van der Waals surface area contributed by atoms with E-state index in [-0.39, 0.29) is 101 Å². The van der Waals surface area contributed by atoms with Gasteiger partial charge in [0.05, 0.1) is 14.2 Å². The maximum Gasteiger partial charge on any atom is 0.322 e. The van der Waals surface area contributed by atoms with Crippen LogP contribution in [0.3, 0.4) is 0 Å². The zero-order valence-electron chi connectivity index (χ0n) is 51.2. The summed E-state index contributed by atoms with van der Waals surface area (Å²) in [7, 11) is 7.76. The Balaban J connectivity index is 0.000000184. The van der Waals surface area contributed by atoms with Crippen LogP contribution >= 0.6 is 0 Å². The van der Waals surface area contributed by atoms with Crippen molar-refractivity contribution in [3.8, 4) is 12.0 Å².